The third kappa shape index (κ3) is 5.66. The summed E-state index contributed by atoms with van der Waals surface area (Å²) >= 11 is 4.04. The maximum absolute atomic E-state index is 12.3. The minimum absolute atomic E-state index is 0.0668. The molecule has 0 bridgehead atoms. The maximum atomic E-state index is 12.3. The van der Waals surface area contributed by atoms with Crippen molar-refractivity contribution < 1.29 is 9.69 Å². The summed E-state index contributed by atoms with van der Waals surface area (Å²) in [6.07, 6.45) is 6.47. The SMILES string of the molecule is C[C@H]1CCCC[NH+]1CCCNC(=O)c1ccc(C2SCCCS2)cc1. The number of benzene rings is 1. The fourth-order valence-corrected chi connectivity index (χ4v) is 6.61. The van der Waals surface area contributed by atoms with E-state index >= 15 is 0 Å². The molecule has 1 unspecified atom stereocenters. The first-order valence-corrected chi connectivity index (χ1v) is 11.8. The van der Waals surface area contributed by atoms with Crippen LogP contribution in [0.15, 0.2) is 24.3 Å². The van der Waals surface area contributed by atoms with E-state index in [0.717, 1.165) is 24.6 Å². The van der Waals surface area contributed by atoms with Crippen LogP contribution in [0.3, 0.4) is 0 Å². The lowest BCUT2D eigenvalue weighted by Gasteiger charge is -2.30. The Morgan fingerprint density at radius 3 is 2.64 bits per heavy atom. The molecule has 1 aromatic rings. The van der Waals surface area contributed by atoms with Crippen molar-refractivity contribution in [2.24, 2.45) is 0 Å². The Kier molecular flexibility index (Phi) is 7.56. The minimum Gasteiger partial charge on any atom is -0.352 e. The molecule has 3 nitrogen and oxygen atoms in total. The lowest BCUT2D eigenvalue weighted by molar-refractivity contribution is -0.928. The molecule has 5 heteroatoms. The second-order valence-corrected chi connectivity index (χ2v) is 9.94. The van der Waals surface area contributed by atoms with Crippen molar-refractivity contribution in [3.63, 3.8) is 0 Å². The molecule has 3 rings (SSSR count). The maximum Gasteiger partial charge on any atom is 0.251 e. The molecule has 2 saturated heterocycles. The number of rotatable bonds is 6. The average molecular weight is 380 g/mol. The molecule has 2 aliphatic rings. The van der Waals surface area contributed by atoms with Crippen LogP contribution >= 0.6 is 23.5 Å². The summed E-state index contributed by atoms with van der Waals surface area (Å²) in [4.78, 5) is 14.0. The summed E-state index contributed by atoms with van der Waals surface area (Å²) in [5.41, 5.74) is 2.13. The Morgan fingerprint density at radius 1 is 1.16 bits per heavy atom. The monoisotopic (exact) mass is 379 g/mol. The van der Waals surface area contributed by atoms with Gasteiger partial charge in [-0.1, -0.05) is 12.1 Å². The first-order chi connectivity index (χ1) is 12.2. The average Bonchev–Trinajstić information content (AvgIpc) is 2.67. The van der Waals surface area contributed by atoms with Crippen LogP contribution in [-0.4, -0.2) is 43.1 Å². The minimum atomic E-state index is 0.0668. The molecule has 0 saturated carbocycles. The van der Waals surface area contributed by atoms with Crippen LogP contribution in [0.2, 0.25) is 0 Å². The molecule has 0 aliphatic carbocycles. The van der Waals surface area contributed by atoms with Crippen molar-refractivity contribution in [2.45, 2.75) is 49.7 Å². The van der Waals surface area contributed by atoms with Crippen molar-refractivity contribution in [1.29, 1.82) is 0 Å². The van der Waals surface area contributed by atoms with Crippen molar-refractivity contribution in [1.82, 2.24) is 5.32 Å². The second-order valence-electron chi connectivity index (χ2n) is 7.21. The van der Waals surface area contributed by atoms with E-state index < -0.39 is 0 Å². The van der Waals surface area contributed by atoms with Gasteiger partial charge in [0.15, 0.2) is 0 Å². The van der Waals surface area contributed by atoms with E-state index in [1.54, 1.807) is 4.90 Å². The number of amides is 1. The highest BCUT2D eigenvalue weighted by Crippen LogP contribution is 2.43. The number of hydrogen-bond donors (Lipinski definition) is 2. The Hall–Kier alpha value is -0.650. The topological polar surface area (TPSA) is 33.5 Å². The number of nitrogens with one attached hydrogen (secondary N) is 2. The largest absolute Gasteiger partial charge is 0.352 e. The van der Waals surface area contributed by atoms with Gasteiger partial charge in [0, 0.05) is 18.5 Å². The Bertz CT molecular complexity index is 543. The number of quaternary nitrogens is 1. The molecular formula is C20H31N2OS2+. The van der Waals surface area contributed by atoms with Gasteiger partial charge in [0.05, 0.1) is 23.7 Å². The molecule has 0 radical (unpaired) electrons. The van der Waals surface area contributed by atoms with E-state index in [4.69, 9.17) is 0 Å². The summed E-state index contributed by atoms with van der Waals surface area (Å²) in [5, 5.41) is 3.09. The lowest BCUT2D eigenvalue weighted by Crippen LogP contribution is -3.16. The van der Waals surface area contributed by atoms with Gasteiger partial charge in [0.2, 0.25) is 0 Å². The Morgan fingerprint density at radius 2 is 1.92 bits per heavy atom. The molecule has 2 atom stereocenters. The van der Waals surface area contributed by atoms with Crippen LogP contribution in [0.4, 0.5) is 0 Å². The van der Waals surface area contributed by atoms with Gasteiger partial charge < -0.3 is 10.2 Å². The van der Waals surface area contributed by atoms with E-state index in [2.05, 4.69) is 24.4 Å². The summed E-state index contributed by atoms with van der Waals surface area (Å²) in [6.45, 7) is 5.62. The van der Waals surface area contributed by atoms with Gasteiger partial charge in [-0.15, -0.1) is 23.5 Å². The fraction of sp³-hybridized carbons (Fsp3) is 0.650. The molecule has 0 spiro atoms. The number of carbonyl (C=O) groups is 1. The number of piperidine rings is 1. The molecule has 2 aliphatic heterocycles. The molecule has 1 aromatic carbocycles. The summed E-state index contributed by atoms with van der Waals surface area (Å²) in [6, 6.07) is 9.01. The van der Waals surface area contributed by atoms with Crippen molar-refractivity contribution in [2.75, 3.05) is 31.1 Å². The van der Waals surface area contributed by atoms with Crippen LogP contribution in [0.1, 0.15) is 59.5 Å². The third-order valence-corrected chi connectivity index (χ3v) is 8.33. The van der Waals surface area contributed by atoms with Gasteiger partial charge in [-0.05, 0) is 61.8 Å². The first-order valence-electron chi connectivity index (χ1n) is 9.70. The normalized spacial score (nSPS) is 24.8. The molecule has 25 heavy (non-hydrogen) atoms. The summed E-state index contributed by atoms with van der Waals surface area (Å²) < 4.78 is 0.542. The van der Waals surface area contributed by atoms with Crippen LogP contribution in [0, 0.1) is 0 Å². The van der Waals surface area contributed by atoms with E-state index in [9.17, 15) is 4.79 Å². The summed E-state index contributed by atoms with van der Waals surface area (Å²) in [7, 11) is 0. The number of thioether (sulfide) groups is 2. The standard InChI is InChI=1S/C20H30N2OS2/c1-16-6-2-3-12-22(16)13-4-11-21-19(23)17-7-9-18(10-8-17)20-24-14-5-15-25-20/h7-10,16,20H,2-6,11-15H2,1H3,(H,21,23)/p+1/t16-/m0/s1. The smallest absolute Gasteiger partial charge is 0.251 e. The highest BCUT2D eigenvalue weighted by Gasteiger charge is 2.21. The zero-order chi connectivity index (χ0) is 17.5. The Labute approximate surface area is 160 Å². The number of hydrogen-bond acceptors (Lipinski definition) is 3. The quantitative estimate of drug-likeness (QED) is 0.745. The van der Waals surface area contributed by atoms with Gasteiger partial charge in [-0.2, -0.15) is 0 Å². The number of carbonyl (C=O) groups excluding carboxylic acids is 1. The van der Waals surface area contributed by atoms with Crippen LogP contribution in [0.5, 0.6) is 0 Å². The highest BCUT2D eigenvalue weighted by molar-refractivity contribution is 8.16. The molecule has 2 N–H and O–H groups in total. The van der Waals surface area contributed by atoms with Crippen LogP contribution in [-0.2, 0) is 0 Å². The van der Waals surface area contributed by atoms with Crippen molar-refractivity contribution >= 4 is 29.4 Å². The predicted molar refractivity (Wildman–Crippen MR) is 110 cm³/mol. The Balaban J connectivity index is 1.40. The van der Waals surface area contributed by atoms with Gasteiger partial charge in [0.25, 0.3) is 5.91 Å². The van der Waals surface area contributed by atoms with Gasteiger partial charge >= 0.3 is 0 Å². The van der Waals surface area contributed by atoms with Crippen molar-refractivity contribution in [3.05, 3.63) is 35.4 Å². The number of likely N-dealkylation sites (tertiary alicyclic amines) is 1. The molecule has 138 valence electrons. The highest BCUT2D eigenvalue weighted by atomic mass is 32.2. The van der Waals surface area contributed by atoms with E-state index in [1.165, 1.54) is 55.8 Å². The zero-order valence-electron chi connectivity index (χ0n) is 15.3. The van der Waals surface area contributed by atoms with E-state index in [-0.39, 0.29) is 5.91 Å². The predicted octanol–water partition coefficient (Wildman–Crippen LogP) is 3.13. The van der Waals surface area contributed by atoms with E-state index in [0.29, 0.717) is 4.58 Å². The molecule has 0 aromatic heterocycles. The fourth-order valence-electron chi connectivity index (χ4n) is 3.72. The van der Waals surface area contributed by atoms with E-state index in [1.807, 2.05) is 35.7 Å². The molecule has 2 heterocycles. The van der Waals surface area contributed by atoms with Crippen LogP contribution < -0.4 is 10.2 Å². The van der Waals surface area contributed by atoms with Gasteiger partial charge in [-0.3, -0.25) is 4.79 Å². The lowest BCUT2D eigenvalue weighted by atomic mass is 10.0. The summed E-state index contributed by atoms with van der Waals surface area (Å²) in [5.74, 6) is 2.56. The van der Waals surface area contributed by atoms with Crippen molar-refractivity contribution in [3.8, 4) is 0 Å². The molecule has 1 amide bonds. The van der Waals surface area contributed by atoms with Gasteiger partial charge in [0.1, 0.15) is 0 Å². The van der Waals surface area contributed by atoms with Gasteiger partial charge in [-0.25, -0.2) is 0 Å². The zero-order valence-corrected chi connectivity index (χ0v) is 16.9. The third-order valence-electron chi connectivity index (χ3n) is 5.31. The first kappa shape index (κ1) is 19.1. The second kappa shape index (κ2) is 9.89. The molecular weight excluding hydrogens is 348 g/mol. The van der Waals surface area contributed by atoms with Crippen LogP contribution in [0.25, 0.3) is 0 Å². The molecule has 2 fully saturated rings.